The molecule has 3 amide bonds. The van der Waals surface area contributed by atoms with Crippen LogP contribution in [0.15, 0.2) is 72.8 Å². The molecule has 0 fully saturated rings. The SMILES string of the molecule is CCCN(CC(=O)Nc1c(-c2ccccc2)c(C)nn1-c1ccc(C)cc1)C(=O)Nc1ccc(Cl)c(Cl)c1. The first-order valence-corrected chi connectivity index (χ1v) is 13.0. The van der Waals surface area contributed by atoms with Gasteiger partial charge in [0.05, 0.1) is 21.4 Å². The number of halogens is 2. The third-order valence-corrected chi connectivity index (χ3v) is 6.68. The van der Waals surface area contributed by atoms with Crippen molar-refractivity contribution in [1.29, 1.82) is 0 Å². The van der Waals surface area contributed by atoms with E-state index in [1.54, 1.807) is 22.9 Å². The number of carbonyl (C=O) groups excluding carboxylic acids is 2. The minimum absolute atomic E-state index is 0.145. The van der Waals surface area contributed by atoms with Crippen molar-refractivity contribution >= 4 is 46.6 Å². The van der Waals surface area contributed by atoms with Crippen LogP contribution in [0.4, 0.5) is 16.3 Å². The van der Waals surface area contributed by atoms with Gasteiger partial charge in [0.25, 0.3) is 0 Å². The number of rotatable bonds is 8. The fourth-order valence-corrected chi connectivity index (χ4v) is 4.41. The lowest BCUT2D eigenvalue weighted by Crippen LogP contribution is -2.41. The van der Waals surface area contributed by atoms with E-state index in [0.29, 0.717) is 34.5 Å². The number of benzene rings is 3. The Morgan fingerprint density at radius 3 is 2.29 bits per heavy atom. The van der Waals surface area contributed by atoms with Crippen LogP contribution in [-0.4, -0.2) is 39.7 Å². The molecule has 38 heavy (non-hydrogen) atoms. The number of urea groups is 1. The molecule has 1 aromatic heterocycles. The fraction of sp³-hybridized carbons (Fsp3) is 0.207. The summed E-state index contributed by atoms with van der Waals surface area (Å²) in [5, 5.41) is 11.3. The quantitative estimate of drug-likeness (QED) is 0.241. The molecule has 0 saturated carbocycles. The molecule has 0 atom stereocenters. The molecule has 9 heteroatoms. The number of hydrogen-bond acceptors (Lipinski definition) is 3. The highest BCUT2D eigenvalue weighted by atomic mass is 35.5. The molecule has 0 bridgehead atoms. The van der Waals surface area contributed by atoms with Crippen molar-refractivity contribution in [3.8, 4) is 16.8 Å². The number of anilines is 2. The van der Waals surface area contributed by atoms with Crippen LogP contribution in [0.3, 0.4) is 0 Å². The van der Waals surface area contributed by atoms with Crippen LogP contribution in [0.1, 0.15) is 24.6 Å². The topological polar surface area (TPSA) is 79.3 Å². The van der Waals surface area contributed by atoms with Gasteiger partial charge in [-0.2, -0.15) is 5.10 Å². The Bertz CT molecular complexity index is 1440. The van der Waals surface area contributed by atoms with Crippen LogP contribution in [-0.2, 0) is 4.79 Å². The van der Waals surface area contributed by atoms with Crippen molar-refractivity contribution < 1.29 is 9.59 Å². The number of aryl methyl sites for hydroxylation is 2. The minimum atomic E-state index is -0.410. The van der Waals surface area contributed by atoms with Gasteiger partial charge in [0.1, 0.15) is 12.4 Å². The first-order chi connectivity index (χ1) is 18.3. The molecule has 3 aromatic carbocycles. The molecule has 0 aliphatic rings. The summed E-state index contributed by atoms with van der Waals surface area (Å²) in [5.74, 6) is 0.206. The molecule has 0 spiro atoms. The van der Waals surface area contributed by atoms with Gasteiger partial charge in [-0.25, -0.2) is 9.48 Å². The van der Waals surface area contributed by atoms with E-state index in [0.717, 1.165) is 28.1 Å². The third-order valence-electron chi connectivity index (χ3n) is 5.95. The Kier molecular flexibility index (Phi) is 8.71. The Hall–Kier alpha value is -3.81. The van der Waals surface area contributed by atoms with E-state index >= 15 is 0 Å². The molecule has 4 rings (SSSR count). The second kappa shape index (κ2) is 12.2. The Morgan fingerprint density at radius 2 is 1.63 bits per heavy atom. The molecule has 0 aliphatic heterocycles. The first kappa shape index (κ1) is 27.2. The normalized spacial score (nSPS) is 10.8. The maximum absolute atomic E-state index is 13.4. The van der Waals surface area contributed by atoms with Gasteiger partial charge >= 0.3 is 6.03 Å². The molecule has 7 nitrogen and oxygen atoms in total. The zero-order chi connectivity index (χ0) is 27.2. The van der Waals surface area contributed by atoms with Crippen LogP contribution in [0, 0.1) is 13.8 Å². The molecule has 0 saturated heterocycles. The molecular formula is C29H29Cl2N5O2. The van der Waals surface area contributed by atoms with Gasteiger partial charge < -0.3 is 15.5 Å². The van der Waals surface area contributed by atoms with E-state index in [9.17, 15) is 9.59 Å². The van der Waals surface area contributed by atoms with Gasteiger partial charge in [0.2, 0.25) is 5.91 Å². The van der Waals surface area contributed by atoms with Gasteiger partial charge in [-0.05, 0) is 56.2 Å². The number of hydrogen-bond donors (Lipinski definition) is 2. The molecule has 1 heterocycles. The highest BCUT2D eigenvalue weighted by Gasteiger charge is 2.23. The average Bonchev–Trinajstić information content (AvgIpc) is 3.22. The summed E-state index contributed by atoms with van der Waals surface area (Å²) in [6.07, 6.45) is 0.678. The lowest BCUT2D eigenvalue weighted by molar-refractivity contribution is -0.116. The molecule has 196 valence electrons. The predicted octanol–water partition coefficient (Wildman–Crippen LogP) is 7.35. The summed E-state index contributed by atoms with van der Waals surface area (Å²) < 4.78 is 1.73. The largest absolute Gasteiger partial charge is 0.322 e. The molecule has 0 unspecified atom stereocenters. The van der Waals surface area contributed by atoms with Crippen LogP contribution in [0.2, 0.25) is 10.0 Å². The maximum atomic E-state index is 13.4. The average molecular weight is 550 g/mol. The summed E-state index contributed by atoms with van der Waals surface area (Å²) in [7, 11) is 0. The van der Waals surface area contributed by atoms with E-state index in [2.05, 4.69) is 10.6 Å². The van der Waals surface area contributed by atoms with Crippen molar-refractivity contribution in [1.82, 2.24) is 14.7 Å². The molecule has 2 N–H and O–H groups in total. The summed E-state index contributed by atoms with van der Waals surface area (Å²) in [6, 6.07) is 22.1. The zero-order valence-corrected chi connectivity index (χ0v) is 23.0. The highest BCUT2D eigenvalue weighted by Crippen LogP contribution is 2.33. The molecule has 4 aromatic rings. The van der Waals surface area contributed by atoms with E-state index in [1.165, 1.54) is 4.90 Å². The number of amides is 3. The van der Waals surface area contributed by atoms with Crippen LogP contribution < -0.4 is 10.6 Å². The van der Waals surface area contributed by atoms with Crippen molar-refractivity contribution in [2.75, 3.05) is 23.7 Å². The summed E-state index contributed by atoms with van der Waals surface area (Å²) in [6.45, 7) is 6.12. The van der Waals surface area contributed by atoms with E-state index in [-0.39, 0.29) is 12.5 Å². The standard InChI is InChI=1S/C29H29Cl2N5O2/c1-4-16-35(29(38)32-22-12-15-24(30)25(31)17-22)18-26(37)33-28-27(21-8-6-5-7-9-21)20(3)34-36(28)23-13-10-19(2)11-14-23/h5-15,17H,4,16,18H2,1-3H3,(H,32,38)(H,33,37). The van der Waals surface area contributed by atoms with Gasteiger partial charge in [-0.3, -0.25) is 4.79 Å². The van der Waals surface area contributed by atoms with Crippen LogP contribution in [0.25, 0.3) is 16.8 Å². The fourth-order valence-electron chi connectivity index (χ4n) is 4.11. The first-order valence-electron chi connectivity index (χ1n) is 12.3. The van der Waals surface area contributed by atoms with Crippen molar-refractivity contribution in [2.45, 2.75) is 27.2 Å². The second-order valence-electron chi connectivity index (χ2n) is 8.95. The van der Waals surface area contributed by atoms with Gasteiger partial charge in [0, 0.05) is 17.8 Å². The Balaban J connectivity index is 1.61. The number of aromatic nitrogens is 2. The third kappa shape index (κ3) is 6.36. The smallest absolute Gasteiger partial charge is 0.315 e. The van der Waals surface area contributed by atoms with Crippen LogP contribution >= 0.6 is 23.2 Å². The number of carbonyl (C=O) groups is 2. The maximum Gasteiger partial charge on any atom is 0.322 e. The highest BCUT2D eigenvalue weighted by molar-refractivity contribution is 6.42. The molecule has 0 radical (unpaired) electrons. The number of nitrogens with one attached hydrogen (secondary N) is 2. The lowest BCUT2D eigenvalue weighted by Gasteiger charge is -2.22. The van der Waals surface area contributed by atoms with Gasteiger partial charge in [-0.15, -0.1) is 0 Å². The van der Waals surface area contributed by atoms with Crippen molar-refractivity contribution in [3.05, 3.63) is 94.1 Å². The summed E-state index contributed by atoms with van der Waals surface area (Å²) in [4.78, 5) is 27.9. The Labute approximate surface area is 232 Å². The van der Waals surface area contributed by atoms with Gasteiger partial charge in [0.15, 0.2) is 0 Å². The van der Waals surface area contributed by atoms with E-state index in [4.69, 9.17) is 28.3 Å². The van der Waals surface area contributed by atoms with E-state index in [1.807, 2.05) is 75.4 Å². The minimum Gasteiger partial charge on any atom is -0.315 e. The zero-order valence-electron chi connectivity index (χ0n) is 21.5. The van der Waals surface area contributed by atoms with E-state index < -0.39 is 6.03 Å². The van der Waals surface area contributed by atoms with Crippen molar-refractivity contribution in [2.24, 2.45) is 0 Å². The van der Waals surface area contributed by atoms with Gasteiger partial charge in [-0.1, -0.05) is 78.2 Å². The summed E-state index contributed by atoms with van der Waals surface area (Å²) in [5.41, 5.74) is 4.96. The lowest BCUT2D eigenvalue weighted by atomic mass is 10.1. The van der Waals surface area contributed by atoms with Crippen molar-refractivity contribution in [3.63, 3.8) is 0 Å². The predicted molar refractivity (Wildman–Crippen MR) is 154 cm³/mol. The second-order valence-corrected chi connectivity index (χ2v) is 9.77. The Morgan fingerprint density at radius 1 is 0.921 bits per heavy atom. The van der Waals surface area contributed by atoms with Crippen LogP contribution in [0.5, 0.6) is 0 Å². The molecule has 0 aliphatic carbocycles. The summed E-state index contributed by atoms with van der Waals surface area (Å²) >= 11 is 12.1. The molecular weight excluding hydrogens is 521 g/mol. The number of nitrogens with zero attached hydrogens (tertiary/aromatic N) is 3. The monoisotopic (exact) mass is 549 g/mol.